The summed E-state index contributed by atoms with van der Waals surface area (Å²) < 4.78 is 5.25. The monoisotopic (exact) mass is 354 g/mol. The zero-order valence-electron chi connectivity index (χ0n) is 14.5. The molecule has 2 aromatic rings. The van der Waals surface area contributed by atoms with Crippen LogP contribution in [-0.2, 0) is 4.79 Å². The minimum absolute atomic E-state index is 0.00104. The first-order chi connectivity index (χ1) is 12.5. The van der Waals surface area contributed by atoms with E-state index in [1.807, 2.05) is 13.8 Å². The van der Waals surface area contributed by atoms with E-state index in [0.717, 1.165) is 4.90 Å². The summed E-state index contributed by atoms with van der Waals surface area (Å²) in [5, 5.41) is 3.93. The SMILES string of the molecule is CC(C)c1noc(C2CN(C(=O)CN3C(=O)c4ccccc4C3=O)C2)n1. The zero-order chi connectivity index (χ0) is 18.4. The van der Waals surface area contributed by atoms with E-state index in [1.54, 1.807) is 29.2 Å². The van der Waals surface area contributed by atoms with Crippen LogP contribution in [0.1, 0.15) is 58.1 Å². The second-order valence-electron chi connectivity index (χ2n) is 6.88. The maximum absolute atomic E-state index is 12.4. The lowest BCUT2D eigenvalue weighted by atomic mass is 10.00. The van der Waals surface area contributed by atoms with Crippen molar-refractivity contribution in [3.8, 4) is 0 Å². The molecule has 8 heteroatoms. The summed E-state index contributed by atoms with van der Waals surface area (Å²) in [5.74, 6) is 0.248. The van der Waals surface area contributed by atoms with Gasteiger partial charge in [-0.25, -0.2) is 0 Å². The van der Waals surface area contributed by atoms with E-state index in [1.165, 1.54) is 0 Å². The maximum atomic E-state index is 12.4. The Morgan fingerprint density at radius 1 is 1.19 bits per heavy atom. The second-order valence-corrected chi connectivity index (χ2v) is 6.88. The Morgan fingerprint density at radius 3 is 2.35 bits per heavy atom. The van der Waals surface area contributed by atoms with Crippen molar-refractivity contribution in [3.05, 3.63) is 47.1 Å². The number of likely N-dealkylation sites (tertiary alicyclic amines) is 1. The fourth-order valence-corrected chi connectivity index (χ4v) is 3.10. The van der Waals surface area contributed by atoms with Gasteiger partial charge < -0.3 is 9.42 Å². The Bertz CT molecular complexity index is 863. The molecular weight excluding hydrogens is 336 g/mol. The van der Waals surface area contributed by atoms with Gasteiger partial charge in [0.25, 0.3) is 11.8 Å². The molecule has 134 valence electrons. The fraction of sp³-hybridized carbons (Fsp3) is 0.389. The third-order valence-corrected chi connectivity index (χ3v) is 4.73. The third-order valence-electron chi connectivity index (χ3n) is 4.73. The van der Waals surface area contributed by atoms with Crippen LogP contribution in [0, 0.1) is 0 Å². The Balaban J connectivity index is 1.37. The highest BCUT2D eigenvalue weighted by atomic mass is 16.5. The number of carbonyl (C=O) groups excluding carboxylic acids is 3. The van der Waals surface area contributed by atoms with Crippen molar-refractivity contribution in [2.45, 2.75) is 25.7 Å². The number of hydrogen-bond donors (Lipinski definition) is 0. The summed E-state index contributed by atoms with van der Waals surface area (Å²) in [4.78, 5) is 44.0. The third kappa shape index (κ3) is 2.58. The summed E-state index contributed by atoms with van der Waals surface area (Å²) in [6.07, 6.45) is 0. The molecule has 8 nitrogen and oxygen atoms in total. The first-order valence-corrected chi connectivity index (χ1v) is 8.52. The normalized spacial score (nSPS) is 17.0. The number of benzene rings is 1. The number of carbonyl (C=O) groups is 3. The van der Waals surface area contributed by atoms with Gasteiger partial charge in [-0.15, -0.1) is 0 Å². The quantitative estimate of drug-likeness (QED) is 0.770. The Labute approximate surface area is 149 Å². The van der Waals surface area contributed by atoms with Gasteiger partial charge in [-0.05, 0) is 12.1 Å². The van der Waals surface area contributed by atoms with Gasteiger partial charge in [0.15, 0.2) is 5.82 Å². The number of hydrogen-bond acceptors (Lipinski definition) is 6. The summed E-state index contributed by atoms with van der Waals surface area (Å²) in [5.41, 5.74) is 0.692. The van der Waals surface area contributed by atoms with Crippen LogP contribution in [-0.4, -0.2) is 57.3 Å². The Kier molecular flexibility index (Phi) is 3.82. The van der Waals surface area contributed by atoms with Crippen LogP contribution in [0.2, 0.25) is 0 Å². The molecule has 0 saturated carbocycles. The molecule has 0 unspecified atom stereocenters. The number of fused-ring (bicyclic) bond motifs is 1. The van der Waals surface area contributed by atoms with Crippen LogP contribution >= 0.6 is 0 Å². The lowest BCUT2D eigenvalue weighted by Crippen LogP contribution is -2.52. The second kappa shape index (κ2) is 6.05. The van der Waals surface area contributed by atoms with E-state index in [-0.39, 0.29) is 24.3 Å². The van der Waals surface area contributed by atoms with Crippen LogP contribution in [0.15, 0.2) is 28.8 Å². The molecule has 0 radical (unpaired) electrons. The van der Waals surface area contributed by atoms with Crippen LogP contribution in [0.5, 0.6) is 0 Å². The van der Waals surface area contributed by atoms with Gasteiger partial charge in [-0.2, -0.15) is 4.98 Å². The van der Waals surface area contributed by atoms with E-state index in [9.17, 15) is 14.4 Å². The number of aromatic nitrogens is 2. The van der Waals surface area contributed by atoms with E-state index in [4.69, 9.17) is 4.52 Å². The van der Waals surface area contributed by atoms with Crippen molar-refractivity contribution in [2.24, 2.45) is 0 Å². The molecule has 1 fully saturated rings. The highest BCUT2D eigenvalue weighted by molar-refractivity contribution is 6.22. The molecule has 0 spiro atoms. The predicted molar refractivity (Wildman–Crippen MR) is 89.5 cm³/mol. The number of nitrogens with zero attached hydrogens (tertiary/aromatic N) is 4. The van der Waals surface area contributed by atoms with E-state index in [2.05, 4.69) is 10.1 Å². The molecule has 3 amide bonds. The van der Waals surface area contributed by atoms with Crippen LogP contribution < -0.4 is 0 Å². The zero-order valence-corrected chi connectivity index (χ0v) is 14.5. The largest absolute Gasteiger partial charge is 0.339 e. The molecule has 3 heterocycles. The van der Waals surface area contributed by atoms with Crippen molar-refractivity contribution < 1.29 is 18.9 Å². The molecule has 0 aliphatic carbocycles. The molecule has 0 N–H and O–H groups in total. The summed E-state index contributed by atoms with van der Waals surface area (Å²) in [6, 6.07) is 6.60. The molecule has 1 saturated heterocycles. The van der Waals surface area contributed by atoms with Gasteiger partial charge in [0.05, 0.1) is 17.0 Å². The summed E-state index contributed by atoms with van der Waals surface area (Å²) >= 11 is 0. The van der Waals surface area contributed by atoms with Crippen molar-refractivity contribution >= 4 is 17.7 Å². The average Bonchev–Trinajstić information content (AvgIpc) is 3.14. The average molecular weight is 354 g/mol. The molecule has 4 rings (SSSR count). The van der Waals surface area contributed by atoms with E-state index >= 15 is 0 Å². The Morgan fingerprint density at radius 2 is 1.81 bits per heavy atom. The number of amides is 3. The van der Waals surface area contributed by atoms with Gasteiger partial charge >= 0.3 is 0 Å². The number of rotatable bonds is 4. The van der Waals surface area contributed by atoms with Crippen LogP contribution in [0.25, 0.3) is 0 Å². The first kappa shape index (κ1) is 16.4. The lowest BCUT2D eigenvalue weighted by Gasteiger charge is -2.37. The molecule has 1 aromatic heterocycles. The highest BCUT2D eigenvalue weighted by Gasteiger charge is 2.40. The van der Waals surface area contributed by atoms with Gasteiger partial charge in [0.2, 0.25) is 11.8 Å². The topological polar surface area (TPSA) is 96.6 Å². The highest BCUT2D eigenvalue weighted by Crippen LogP contribution is 2.28. The molecular formula is C18H18N4O4. The van der Waals surface area contributed by atoms with Crippen molar-refractivity contribution in [2.75, 3.05) is 19.6 Å². The van der Waals surface area contributed by atoms with Gasteiger partial charge in [0.1, 0.15) is 6.54 Å². The minimum Gasteiger partial charge on any atom is -0.339 e. The minimum atomic E-state index is -0.422. The molecule has 0 bridgehead atoms. The first-order valence-electron chi connectivity index (χ1n) is 8.52. The molecule has 1 aromatic carbocycles. The van der Waals surface area contributed by atoms with Gasteiger partial charge in [-0.3, -0.25) is 19.3 Å². The van der Waals surface area contributed by atoms with Crippen molar-refractivity contribution in [1.82, 2.24) is 19.9 Å². The van der Waals surface area contributed by atoms with E-state index in [0.29, 0.717) is 35.9 Å². The smallest absolute Gasteiger partial charge is 0.262 e. The lowest BCUT2D eigenvalue weighted by molar-refractivity contribution is -0.136. The molecule has 2 aliphatic heterocycles. The standard InChI is InChI=1S/C18H18N4O4/c1-10(2)15-19-16(26-20-15)11-7-21(8-11)14(23)9-22-17(24)12-5-3-4-6-13(12)18(22)25/h3-6,10-11H,7-9H2,1-2H3. The van der Waals surface area contributed by atoms with Crippen LogP contribution in [0.3, 0.4) is 0 Å². The van der Waals surface area contributed by atoms with Crippen molar-refractivity contribution in [3.63, 3.8) is 0 Å². The number of imide groups is 1. The maximum Gasteiger partial charge on any atom is 0.262 e. The van der Waals surface area contributed by atoms with Gasteiger partial charge in [-0.1, -0.05) is 31.1 Å². The summed E-state index contributed by atoms with van der Waals surface area (Å²) in [6.45, 7) is 4.60. The fourth-order valence-electron chi connectivity index (χ4n) is 3.10. The van der Waals surface area contributed by atoms with Crippen molar-refractivity contribution in [1.29, 1.82) is 0 Å². The molecule has 2 aliphatic rings. The molecule has 26 heavy (non-hydrogen) atoms. The Hall–Kier alpha value is -3.03. The predicted octanol–water partition coefficient (Wildman–Crippen LogP) is 1.42. The van der Waals surface area contributed by atoms with Crippen LogP contribution in [0.4, 0.5) is 0 Å². The molecule has 0 atom stereocenters. The van der Waals surface area contributed by atoms with Gasteiger partial charge in [0, 0.05) is 19.0 Å². The summed E-state index contributed by atoms with van der Waals surface area (Å²) in [7, 11) is 0. The van der Waals surface area contributed by atoms with E-state index < -0.39 is 11.8 Å².